The van der Waals surface area contributed by atoms with Gasteiger partial charge in [0, 0.05) is 6.04 Å². The van der Waals surface area contributed by atoms with Gasteiger partial charge in [0.2, 0.25) is 5.91 Å². The van der Waals surface area contributed by atoms with E-state index in [-0.39, 0.29) is 18.0 Å². The lowest BCUT2D eigenvalue weighted by molar-refractivity contribution is -0.123. The van der Waals surface area contributed by atoms with Gasteiger partial charge in [-0.3, -0.25) is 4.79 Å². The molecule has 3 heteroatoms. The summed E-state index contributed by atoms with van der Waals surface area (Å²) in [7, 11) is 0. The first-order valence-electron chi connectivity index (χ1n) is 6.53. The Kier molecular flexibility index (Phi) is 8.26. The van der Waals surface area contributed by atoms with E-state index in [0.29, 0.717) is 5.92 Å². The maximum atomic E-state index is 11.7. The van der Waals surface area contributed by atoms with E-state index in [2.05, 4.69) is 33.0 Å². The summed E-state index contributed by atoms with van der Waals surface area (Å²) in [6.45, 7) is 8.40. The highest BCUT2D eigenvalue weighted by Crippen LogP contribution is 2.05. The molecule has 2 atom stereocenters. The van der Waals surface area contributed by atoms with E-state index in [1.54, 1.807) is 0 Å². The van der Waals surface area contributed by atoms with Crippen LogP contribution in [-0.2, 0) is 4.79 Å². The topological polar surface area (TPSA) is 55.1 Å². The molecule has 0 saturated carbocycles. The summed E-state index contributed by atoms with van der Waals surface area (Å²) in [5.74, 6) is 0.467. The Bertz CT molecular complexity index is 192. The van der Waals surface area contributed by atoms with E-state index in [1.165, 1.54) is 19.3 Å². The van der Waals surface area contributed by atoms with Crippen molar-refractivity contribution in [3.63, 3.8) is 0 Å². The summed E-state index contributed by atoms with van der Waals surface area (Å²) in [5.41, 5.74) is 5.81. The highest BCUT2D eigenvalue weighted by atomic mass is 16.2. The van der Waals surface area contributed by atoms with Crippen LogP contribution in [-0.4, -0.2) is 18.0 Å². The molecule has 3 N–H and O–H groups in total. The second-order valence-corrected chi connectivity index (χ2v) is 5.14. The van der Waals surface area contributed by atoms with Crippen molar-refractivity contribution in [2.75, 3.05) is 0 Å². The smallest absolute Gasteiger partial charge is 0.237 e. The second-order valence-electron chi connectivity index (χ2n) is 5.14. The third-order valence-electron chi connectivity index (χ3n) is 2.69. The standard InChI is InChI=1S/C13H28N2O/c1-5-6-7-8-11(4)15-13(16)12(14)9-10(2)3/h10-12H,5-9,14H2,1-4H3,(H,15,16). The molecule has 0 aromatic carbocycles. The summed E-state index contributed by atoms with van der Waals surface area (Å²) in [6.07, 6.45) is 5.44. The Labute approximate surface area is 100 Å². The number of carbonyl (C=O) groups is 1. The van der Waals surface area contributed by atoms with Crippen molar-refractivity contribution < 1.29 is 4.79 Å². The molecule has 96 valence electrons. The lowest BCUT2D eigenvalue weighted by Crippen LogP contribution is -2.44. The normalized spacial score (nSPS) is 14.9. The number of nitrogens with two attached hydrogens (primary N) is 1. The SMILES string of the molecule is CCCCCC(C)NC(=O)C(N)CC(C)C. The highest BCUT2D eigenvalue weighted by molar-refractivity contribution is 5.81. The van der Waals surface area contributed by atoms with Crippen molar-refractivity contribution in [1.82, 2.24) is 5.32 Å². The van der Waals surface area contributed by atoms with E-state index >= 15 is 0 Å². The van der Waals surface area contributed by atoms with Gasteiger partial charge in [-0.05, 0) is 25.7 Å². The fraction of sp³-hybridized carbons (Fsp3) is 0.923. The summed E-state index contributed by atoms with van der Waals surface area (Å²) in [6, 6.07) is -0.106. The molecular formula is C13H28N2O. The monoisotopic (exact) mass is 228 g/mol. The summed E-state index contributed by atoms with van der Waals surface area (Å²) in [4.78, 5) is 11.7. The molecular weight excluding hydrogens is 200 g/mol. The molecule has 0 aromatic rings. The van der Waals surface area contributed by atoms with Crippen molar-refractivity contribution in [2.45, 2.75) is 71.9 Å². The van der Waals surface area contributed by atoms with Gasteiger partial charge in [-0.2, -0.15) is 0 Å². The van der Waals surface area contributed by atoms with Gasteiger partial charge in [-0.25, -0.2) is 0 Å². The van der Waals surface area contributed by atoms with Crippen LogP contribution in [0.3, 0.4) is 0 Å². The van der Waals surface area contributed by atoms with Crippen LogP contribution >= 0.6 is 0 Å². The van der Waals surface area contributed by atoms with E-state index < -0.39 is 0 Å². The van der Waals surface area contributed by atoms with Crippen molar-refractivity contribution >= 4 is 5.91 Å². The molecule has 3 nitrogen and oxygen atoms in total. The van der Waals surface area contributed by atoms with E-state index in [0.717, 1.165) is 12.8 Å². The van der Waals surface area contributed by atoms with Crippen molar-refractivity contribution in [1.29, 1.82) is 0 Å². The number of nitrogens with one attached hydrogen (secondary N) is 1. The van der Waals surface area contributed by atoms with Gasteiger partial charge >= 0.3 is 0 Å². The van der Waals surface area contributed by atoms with Gasteiger partial charge in [-0.15, -0.1) is 0 Å². The molecule has 16 heavy (non-hydrogen) atoms. The van der Waals surface area contributed by atoms with Crippen molar-refractivity contribution in [2.24, 2.45) is 11.7 Å². The molecule has 0 spiro atoms. The average Bonchev–Trinajstić information content (AvgIpc) is 2.16. The minimum Gasteiger partial charge on any atom is -0.352 e. The Hall–Kier alpha value is -0.570. The van der Waals surface area contributed by atoms with Crippen LogP contribution < -0.4 is 11.1 Å². The van der Waals surface area contributed by atoms with Crippen LogP contribution in [0.15, 0.2) is 0 Å². The van der Waals surface area contributed by atoms with Crippen LogP contribution in [0.5, 0.6) is 0 Å². The molecule has 0 aromatic heterocycles. The first kappa shape index (κ1) is 15.4. The number of hydrogen-bond donors (Lipinski definition) is 2. The zero-order chi connectivity index (χ0) is 12.6. The largest absolute Gasteiger partial charge is 0.352 e. The Morgan fingerprint density at radius 3 is 2.38 bits per heavy atom. The first-order chi connectivity index (χ1) is 7.47. The third-order valence-corrected chi connectivity index (χ3v) is 2.69. The van der Waals surface area contributed by atoms with Crippen LogP contribution in [0.1, 0.15) is 59.8 Å². The quantitative estimate of drug-likeness (QED) is 0.627. The number of rotatable bonds is 8. The number of carbonyl (C=O) groups excluding carboxylic acids is 1. The van der Waals surface area contributed by atoms with Gasteiger partial charge in [0.1, 0.15) is 0 Å². The predicted molar refractivity (Wildman–Crippen MR) is 69.2 cm³/mol. The predicted octanol–water partition coefficient (Wildman–Crippen LogP) is 2.44. The van der Waals surface area contributed by atoms with Crippen molar-refractivity contribution in [3.8, 4) is 0 Å². The number of unbranched alkanes of at least 4 members (excludes halogenated alkanes) is 2. The summed E-state index contributed by atoms with van der Waals surface area (Å²) < 4.78 is 0. The van der Waals surface area contributed by atoms with Crippen LogP contribution in [0.4, 0.5) is 0 Å². The number of amides is 1. The van der Waals surface area contributed by atoms with E-state index in [1.807, 2.05) is 0 Å². The molecule has 0 bridgehead atoms. The molecule has 0 fully saturated rings. The van der Waals surface area contributed by atoms with Crippen LogP contribution in [0.25, 0.3) is 0 Å². The van der Waals surface area contributed by atoms with E-state index in [4.69, 9.17) is 5.73 Å². The maximum absolute atomic E-state index is 11.7. The van der Waals surface area contributed by atoms with Gasteiger partial charge in [-0.1, -0.05) is 40.0 Å². The van der Waals surface area contributed by atoms with E-state index in [9.17, 15) is 4.79 Å². The molecule has 0 rings (SSSR count). The van der Waals surface area contributed by atoms with Crippen LogP contribution in [0.2, 0.25) is 0 Å². The molecule has 0 heterocycles. The fourth-order valence-corrected chi connectivity index (χ4v) is 1.74. The van der Waals surface area contributed by atoms with Gasteiger partial charge < -0.3 is 11.1 Å². The third kappa shape index (κ3) is 7.69. The fourth-order valence-electron chi connectivity index (χ4n) is 1.74. The average molecular weight is 228 g/mol. The molecule has 0 aliphatic rings. The first-order valence-corrected chi connectivity index (χ1v) is 6.53. The van der Waals surface area contributed by atoms with Crippen molar-refractivity contribution in [3.05, 3.63) is 0 Å². The lowest BCUT2D eigenvalue weighted by atomic mass is 10.0. The molecule has 2 unspecified atom stereocenters. The zero-order valence-electron chi connectivity index (χ0n) is 11.3. The van der Waals surface area contributed by atoms with Gasteiger partial charge in [0.05, 0.1) is 6.04 Å². The molecule has 0 radical (unpaired) electrons. The maximum Gasteiger partial charge on any atom is 0.237 e. The van der Waals surface area contributed by atoms with Gasteiger partial charge in [0.25, 0.3) is 0 Å². The molecule has 0 aliphatic carbocycles. The Morgan fingerprint density at radius 1 is 1.25 bits per heavy atom. The Morgan fingerprint density at radius 2 is 1.88 bits per heavy atom. The minimum atomic E-state index is -0.353. The Balaban J connectivity index is 3.76. The number of hydrogen-bond acceptors (Lipinski definition) is 2. The molecule has 1 amide bonds. The lowest BCUT2D eigenvalue weighted by Gasteiger charge is -2.18. The molecule has 0 aliphatic heterocycles. The molecule has 0 saturated heterocycles. The summed E-state index contributed by atoms with van der Waals surface area (Å²) in [5, 5.41) is 2.98. The minimum absolute atomic E-state index is 0.00213. The summed E-state index contributed by atoms with van der Waals surface area (Å²) >= 11 is 0. The second kappa shape index (κ2) is 8.57. The van der Waals surface area contributed by atoms with Gasteiger partial charge in [0.15, 0.2) is 0 Å². The zero-order valence-corrected chi connectivity index (χ0v) is 11.3. The van der Waals surface area contributed by atoms with Crippen LogP contribution in [0, 0.1) is 5.92 Å². The highest BCUT2D eigenvalue weighted by Gasteiger charge is 2.16.